The number of piperidine rings is 1. The summed E-state index contributed by atoms with van der Waals surface area (Å²) in [6.45, 7) is 2.19. The van der Waals surface area contributed by atoms with Crippen molar-refractivity contribution in [3.05, 3.63) is 36.2 Å². The molecule has 3 rings (SSSR count). The highest BCUT2D eigenvalue weighted by Crippen LogP contribution is 2.18. The summed E-state index contributed by atoms with van der Waals surface area (Å²) >= 11 is 0. The van der Waals surface area contributed by atoms with Gasteiger partial charge >= 0.3 is 0 Å². The standard InChI is InChI=1S/C18H23N3O4/c1-23-12-9-17(22)21-10-7-15(8-11-21)24-13-16-19-18(20-25-16)14-5-3-2-4-6-14/h2-6,15H,7-13H2,1H3. The third-order valence-corrected chi connectivity index (χ3v) is 4.26. The minimum Gasteiger partial charge on any atom is -0.384 e. The van der Waals surface area contributed by atoms with Gasteiger partial charge < -0.3 is 18.9 Å². The van der Waals surface area contributed by atoms with Crippen LogP contribution in [0.15, 0.2) is 34.9 Å². The molecule has 25 heavy (non-hydrogen) atoms. The van der Waals surface area contributed by atoms with Crippen LogP contribution in [0, 0.1) is 0 Å². The monoisotopic (exact) mass is 345 g/mol. The number of nitrogens with zero attached hydrogens (tertiary/aromatic N) is 3. The molecule has 1 aromatic carbocycles. The Balaban J connectivity index is 1.43. The summed E-state index contributed by atoms with van der Waals surface area (Å²) in [7, 11) is 1.61. The lowest BCUT2D eigenvalue weighted by molar-refractivity contribution is -0.135. The van der Waals surface area contributed by atoms with E-state index in [1.54, 1.807) is 7.11 Å². The summed E-state index contributed by atoms with van der Waals surface area (Å²) in [4.78, 5) is 18.2. The Hall–Kier alpha value is -2.25. The van der Waals surface area contributed by atoms with Gasteiger partial charge in [0.25, 0.3) is 5.89 Å². The molecule has 1 aliphatic rings. The van der Waals surface area contributed by atoms with Crippen LogP contribution < -0.4 is 0 Å². The van der Waals surface area contributed by atoms with Gasteiger partial charge in [0, 0.05) is 25.8 Å². The molecule has 0 unspecified atom stereocenters. The summed E-state index contributed by atoms with van der Waals surface area (Å²) in [5.74, 6) is 1.18. The van der Waals surface area contributed by atoms with E-state index in [0.717, 1.165) is 18.4 Å². The van der Waals surface area contributed by atoms with Crippen LogP contribution in [0.4, 0.5) is 0 Å². The molecule has 0 N–H and O–H groups in total. The van der Waals surface area contributed by atoms with Crippen molar-refractivity contribution < 1.29 is 18.8 Å². The molecule has 0 saturated carbocycles. The van der Waals surface area contributed by atoms with Crippen molar-refractivity contribution in [1.29, 1.82) is 0 Å². The molecule has 1 amide bonds. The average Bonchev–Trinajstić information content (AvgIpc) is 3.14. The fourth-order valence-electron chi connectivity index (χ4n) is 2.83. The van der Waals surface area contributed by atoms with Crippen molar-refractivity contribution in [3.8, 4) is 11.4 Å². The highest BCUT2D eigenvalue weighted by molar-refractivity contribution is 5.76. The molecule has 0 radical (unpaired) electrons. The van der Waals surface area contributed by atoms with Gasteiger partial charge in [-0.1, -0.05) is 35.5 Å². The smallest absolute Gasteiger partial charge is 0.252 e. The van der Waals surface area contributed by atoms with Crippen LogP contribution in [0.1, 0.15) is 25.2 Å². The number of methoxy groups -OCH3 is 1. The molecule has 0 spiro atoms. The number of rotatable bonds is 7. The topological polar surface area (TPSA) is 77.7 Å². The molecule has 7 nitrogen and oxygen atoms in total. The lowest BCUT2D eigenvalue weighted by Gasteiger charge is -2.31. The summed E-state index contributed by atoms with van der Waals surface area (Å²) in [5, 5.41) is 3.98. The molecule has 1 aromatic heterocycles. The van der Waals surface area contributed by atoms with Crippen molar-refractivity contribution in [2.75, 3.05) is 26.8 Å². The molecule has 0 aliphatic carbocycles. The number of carbonyl (C=O) groups is 1. The van der Waals surface area contributed by atoms with Crippen molar-refractivity contribution >= 4 is 5.91 Å². The fourth-order valence-corrected chi connectivity index (χ4v) is 2.83. The second-order valence-corrected chi connectivity index (χ2v) is 6.01. The Kier molecular flexibility index (Phi) is 6.14. The number of ether oxygens (including phenoxy) is 2. The Bertz CT molecular complexity index is 666. The van der Waals surface area contributed by atoms with Crippen molar-refractivity contribution in [1.82, 2.24) is 15.0 Å². The van der Waals surface area contributed by atoms with Crippen LogP contribution >= 0.6 is 0 Å². The van der Waals surface area contributed by atoms with Gasteiger partial charge in [-0.3, -0.25) is 4.79 Å². The first-order valence-electron chi connectivity index (χ1n) is 8.52. The van der Waals surface area contributed by atoms with E-state index >= 15 is 0 Å². The average molecular weight is 345 g/mol. The number of hydrogen-bond acceptors (Lipinski definition) is 6. The summed E-state index contributed by atoms with van der Waals surface area (Å²) in [5.41, 5.74) is 0.917. The molecule has 1 saturated heterocycles. The maximum atomic E-state index is 12.0. The molecule has 0 bridgehead atoms. The first-order chi connectivity index (χ1) is 12.3. The summed E-state index contributed by atoms with van der Waals surface area (Å²) in [6, 6.07) is 9.69. The summed E-state index contributed by atoms with van der Waals surface area (Å²) in [6.07, 6.45) is 2.18. The molecule has 2 aromatic rings. The van der Waals surface area contributed by atoms with Crippen LogP contribution in [-0.2, 0) is 20.9 Å². The zero-order valence-electron chi connectivity index (χ0n) is 14.4. The van der Waals surface area contributed by atoms with Gasteiger partial charge in [-0.25, -0.2) is 0 Å². The fraction of sp³-hybridized carbons (Fsp3) is 0.500. The Morgan fingerprint density at radius 2 is 2.04 bits per heavy atom. The first-order valence-corrected chi connectivity index (χ1v) is 8.52. The SMILES string of the molecule is COCCC(=O)N1CCC(OCc2nc(-c3ccccc3)no2)CC1. The summed E-state index contributed by atoms with van der Waals surface area (Å²) < 4.78 is 16.1. The minimum absolute atomic E-state index is 0.110. The molecule has 1 aliphatic heterocycles. The van der Waals surface area contributed by atoms with Gasteiger partial charge in [0.2, 0.25) is 11.7 Å². The van der Waals surface area contributed by atoms with Crippen LogP contribution in [0.3, 0.4) is 0 Å². The van der Waals surface area contributed by atoms with E-state index in [2.05, 4.69) is 10.1 Å². The van der Waals surface area contributed by atoms with Crippen LogP contribution in [-0.4, -0.2) is 53.9 Å². The van der Waals surface area contributed by atoms with Gasteiger partial charge in [0.1, 0.15) is 6.61 Å². The number of carbonyl (C=O) groups excluding carboxylic acids is 1. The molecule has 7 heteroatoms. The van der Waals surface area contributed by atoms with Gasteiger partial charge in [0.05, 0.1) is 19.1 Å². The van der Waals surface area contributed by atoms with Crippen molar-refractivity contribution in [3.63, 3.8) is 0 Å². The quantitative estimate of drug-likeness (QED) is 0.766. The Morgan fingerprint density at radius 3 is 2.76 bits per heavy atom. The zero-order valence-corrected chi connectivity index (χ0v) is 14.4. The number of hydrogen-bond donors (Lipinski definition) is 0. The van der Waals surface area contributed by atoms with Crippen LogP contribution in [0.25, 0.3) is 11.4 Å². The number of amides is 1. The van der Waals surface area contributed by atoms with Gasteiger partial charge in [0.15, 0.2) is 0 Å². The van der Waals surface area contributed by atoms with E-state index < -0.39 is 0 Å². The molecular weight excluding hydrogens is 322 g/mol. The highest BCUT2D eigenvalue weighted by Gasteiger charge is 2.23. The molecule has 134 valence electrons. The normalized spacial score (nSPS) is 15.5. The predicted octanol–water partition coefficient (Wildman–Crippen LogP) is 2.28. The maximum Gasteiger partial charge on any atom is 0.252 e. The molecule has 1 fully saturated rings. The van der Waals surface area contributed by atoms with Crippen molar-refractivity contribution in [2.24, 2.45) is 0 Å². The number of likely N-dealkylation sites (tertiary alicyclic amines) is 1. The highest BCUT2D eigenvalue weighted by atomic mass is 16.5. The lowest BCUT2D eigenvalue weighted by Crippen LogP contribution is -2.41. The Labute approximate surface area is 146 Å². The second-order valence-electron chi connectivity index (χ2n) is 6.01. The zero-order chi connectivity index (χ0) is 17.5. The number of aromatic nitrogens is 2. The van der Waals surface area contributed by atoms with Gasteiger partial charge in [-0.05, 0) is 12.8 Å². The third-order valence-electron chi connectivity index (χ3n) is 4.26. The van der Waals surface area contributed by atoms with Gasteiger partial charge in [-0.2, -0.15) is 4.98 Å². The van der Waals surface area contributed by atoms with E-state index in [-0.39, 0.29) is 12.0 Å². The molecule has 0 atom stereocenters. The Morgan fingerprint density at radius 1 is 1.28 bits per heavy atom. The van der Waals surface area contributed by atoms with Gasteiger partial charge in [-0.15, -0.1) is 0 Å². The third kappa shape index (κ3) is 4.87. The van der Waals surface area contributed by atoms with Crippen LogP contribution in [0.2, 0.25) is 0 Å². The van der Waals surface area contributed by atoms with E-state index in [4.69, 9.17) is 14.0 Å². The van der Waals surface area contributed by atoms with Crippen LogP contribution in [0.5, 0.6) is 0 Å². The maximum absolute atomic E-state index is 12.0. The van der Waals surface area contributed by atoms with Crippen molar-refractivity contribution in [2.45, 2.75) is 32.0 Å². The first kappa shape index (κ1) is 17.6. The second kappa shape index (κ2) is 8.73. The molecular formula is C18H23N3O4. The van der Waals surface area contributed by atoms with E-state index in [9.17, 15) is 4.79 Å². The van der Waals surface area contributed by atoms with E-state index in [0.29, 0.717) is 44.4 Å². The largest absolute Gasteiger partial charge is 0.384 e. The minimum atomic E-state index is 0.110. The lowest BCUT2D eigenvalue weighted by atomic mass is 10.1. The predicted molar refractivity (Wildman–Crippen MR) is 90.6 cm³/mol. The van der Waals surface area contributed by atoms with E-state index in [1.165, 1.54) is 0 Å². The van der Waals surface area contributed by atoms with E-state index in [1.807, 2.05) is 35.2 Å². The molecule has 2 heterocycles. The number of benzene rings is 1.